The molecule has 27 heavy (non-hydrogen) atoms. The van der Waals surface area contributed by atoms with Crippen molar-refractivity contribution in [3.8, 4) is 0 Å². The minimum Gasteiger partial charge on any atom is -0.350 e. The van der Waals surface area contributed by atoms with Crippen LogP contribution in [0.1, 0.15) is 20.8 Å². The van der Waals surface area contributed by atoms with Gasteiger partial charge in [-0.1, -0.05) is 12.1 Å². The van der Waals surface area contributed by atoms with Crippen LogP contribution in [-0.2, 0) is 0 Å². The summed E-state index contributed by atoms with van der Waals surface area (Å²) in [5.41, 5.74) is 1.18. The van der Waals surface area contributed by atoms with E-state index in [1.54, 1.807) is 28.0 Å². The van der Waals surface area contributed by atoms with E-state index >= 15 is 0 Å². The first-order chi connectivity index (χ1) is 13.0. The van der Waals surface area contributed by atoms with Crippen LogP contribution in [0.5, 0.6) is 0 Å². The standard InChI is InChI=1S/C20H17F2N3O2/c21-14-4-1-3-13(11-14)19(26)24-7-9-25(10-8-24)20(27)18-12-15-16(22)5-2-6-17(15)23-18/h1-6,11-12,23H,7-10H2. The van der Waals surface area contributed by atoms with E-state index in [0.717, 1.165) is 0 Å². The van der Waals surface area contributed by atoms with Crippen molar-refractivity contribution in [1.29, 1.82) is 0 Å². The maximum atomic E-state index is 13.8. The number of halogens is 2. The summed E-state index contributed by atoms with van der Waals surface area (Å²) in [6.07, 6.45) is 0. The highest BCUT2D eigenvalue weighted by atomic mass is 19.1. The van der Waals surface area contributed by atoms with Crippen LogP contribution in [0.4, 0.5) is 8.78 Å². The zero-order valence-electron chi connectivity index (χ0n) is 14.4. The predicted molar refractivity (Wildman–Crippen MR) is 96.5 cm³/mol. The maximum Gasteiger partial charge on any atom is 0.270 e. The number of aromatic nitrogens is 1. The van der Waals surface area contributed by atoms with Crippen LogP contribution in [0.15, 0.2) is 48.5 Å². The number of nitrogens with zero attached hydrogens (tertiary/aromatic N) is 2. The van der Waals surface area contributed by atoms with E-state index in [1.165, 1.54) is 30.3 Å². The molecule has 1 aliphatic rings. The van der Waals surface area contributed by atoms with Gasteiger partial charge >= 0.3 is 0 Å². The second-order valence-corrected chi connectivity index (χ2v) is 6.48. The van der Waals surface area contributed by atoms with E-state index < -0.39 is 5.82 Å². The van der Waals surface area contributed by atoms with Crippen molar-refractivity contribution in [2.75, 3.05) is 26.2 Å². The van der Waals surface area contributed by atoms with Crippen molar-refractivity contribution >= 4 is 22.7 Å². The molecular formula is C20H17F2N3O2. The molecule has 1 aliphatic heterocycles. The van der Waals surface area contributed by atoms with Crippen LogP contribution in [0.25, 0.3) is 10.9 Å². The van der Waals surface area contributed by atoms with E-state index in [0.29, 0.717) is 48.3 Å². The average molecular weight is 369 g/mol. The number of H-pyrrole nitrogens is 1. The summed E-state index contributed by atoms with van der Waals surface area (Å²) in [4.78, 5) is 31.3. The zero-order chi connectivity index (χ0) is 19.0. The third-order valence-electron chi connectivity index (χ3n) is 4.77. The lowest BCUT2D eigenvalue weighted by atomic mass is 10.1. The molecule has 1 N–H and O–H groups in total. The van der Waals surface area contributed by atoms with Crippen molar-refractivity contribution in [1.82, 2.24) is 14.8 Å². The lowest BCUT2D eigenvalue weighted by molar-refractivity contribution is 0.0532. The molecule has 2 amide bonds. The summed E-state index contributed by atoms with van der Waals surface area (Å²) in [7, 11) is 0. The number of carbonyl (C=O) groups is 2. The van der Waals surface area contributed by atoms with Crippen molar-refractivity contribution in [2.24, 2.45) is 0 Å². The summed E-state index contributed by atoms with van der Waals surface area (Å²) in [6.45, 7) is 1.43. The van der Waals surface area contributed by atoms with Gasteiger partial charge in [-0.05, 0) is 36.4 Å². The Morgan fingerprint density at radius 3 is 2.19 bits per heavy atom. The van der Waals surface area contributed by atoms with Gasteiger partial charge in [0.1, 0.15) is 17.3 Å². The second-order valence-electron chi connectivity index (χ2n) is 6.48. The molecule has 0 unspecified atom stereocenters. The number of piperazine rings is 1. The lowest BCUT2D eigenvalue weighted by Crippen LogP contribution is -2.50. The molecule has 0 aliphatic carbocycles. The number of hydrogen-bond acceptors (Lipinski definition) is 2. The summed E-state index contributed by atoms with van der Waals surface area (Å²) < 4.78 is 27.1. The molecule has 0 spiro atoms. The first kappa shape index (κ1) is 17.2. The van der Waals surface area contributed by atoms with Crippen LogP contribution in [0.3, 0.4) is 0 Å². The fourth-order valence-electron chi connectivity index (χ4n) is 3.32. The number of aromatic amines is 1. The largest absolute Gasteiger partial charge is 0.350 e. The van der Waals surface area contributed by atoms with E-state index in [9.17, 15) is 18.4 Å². The molecular weight excluding hydrogens is 352 g/mol. The van der Waals surface area contributed by atoms with Crippen molar-refractivity contribution in [3.05, 3.63) is 71.4 Å². The van der Waals surface area contributed by atoms with Crippen LogP contribution >= 0.6 is 0 Å². The molecule has 1 fully saturated rings. The average Bonchev–Trinajstić information content (AvgIpc) is 3.13. The third-order valence-corrected chi connectivity index (χ3v) is 4.77. The Morgan fingerprint density at radius 2 is 1.52 bits per heavy atom. The van der Waals surface area contributed by atoms with Crippen LogP contribution in [-0.4, -0.2) is 52.8 Å². The normalized spacial score (nSPS) is 14.6. The molecule has 7 heteroatoms. The van der Waals surface area contributed by atoms with Crippen LogP contribution in [0, 0.1) is 11.6 Å². The highest BCUT2D eigenvalue weighted by molar-refractivity contribution is 5.98. The zero-order valence-corrected chi connectivity index (χ0v) is 14.4. The fourth-order valence-corrected chi connectivity index (χ4v) is 3.32. The van der Waals surface area contributed by atoms with Gasteiger partial charge in [-0.3, -0.25) is 9.59 Å². The Morgan fingerprint density at radius 1 is 0.852 bits per heavy atom. The number of amides is 2. The van der Waals surface area contributed by atoms with Gasteiger partial charge < -0.3 is 14.8 Å². The first-order valence-corrected chi connectivity index (χ1v) is 8.64. The van der Waals surface area contributed by atoms with Crippen molar-refractivity contribution in [3.63, 3.8) is 0 Å². The summed E-state index contributed by atoms with van der Waals surface area (Å²) in [6, 6.07) is 11.7. The third kappa shape index (κ3) is 3.28. The maximum absolute atomic E-state index is 13.8. The van der Waals surface area contributed by atoms with Crippen LogP contribution < -0.4 is 0 Å². The molecule has 0 atom stereocenters. The van der Waals surface area contributed by atoms with E-state index in [4.69, 9.17) is 0 Å². The van der Waals surface area contributed by atoms with Gasteiger partial charge in [0.05, 0.1) is 0 Å². The molecule has 0 saturated carbocycles. The van der Waals surface area contributed by atoms with Gasteiger partial charge in [-0.25, -0.2) is 8.78 Å². The lowest BCUT2D eigenvalue weighted by Gasteiger charge is -2.34. The Kier molecular flexibility index (Phi) is 4.35. The molecule has 0 bridgehead atoms. The Bertz CT molecular complexity index is 1020. The molecule has 2 aromatic carbocycles. The van der Waals surface area contributed by atoms with Gasteiger partial charge in [0.2, 0.25) is 0 Å². The van der Waals surface area contributed by atoms with Crippen molar-refractivity contribution in [2.45, 2.75) is 0 Å². The number of benzene rings is 2. The van der Waals surface area contributed by atoms with Gasteiger partial charge in [-0.15, -0.1) is 0 Å². The first-order valence-electron chi connectivity index (χ1n) is 8.64. The number of hydrogen-bond donors (Lipinski definition) is 1. The minimum atomic E-state index is -0.458. The quantitative estimate of drug-likeness (QED) is 0.755. The smallest absolute Gasteiger partial charge is 0.270 e. The number of rotatable bonds is 2. The fraction of sp³-hybridized carbons (Fsp3) is 0.200. The van der Waals surface area contributed by atoms with Gasteiger partial charge in [0.25, 0.3) is 11.8 Å². The molecule has 1 saturated heterocycles. The monoisotopic (exact) mass is 369 g/mol. The highest BCUT2D eigenvalue weighted by Gasteiger charge is 2.26. The van der Waals surface area contributed by atoms with Gasteiger partial charge in [0, 0.05) is 42.6 Å². The topological polar surface area (TPSA) is 56.4 Å². The molecule has 1 aromatic heterocycles. The molecule has 3 aromatic rings. The van der Waals surface area contributed by atoms with E-state index in [-0.39, 0.29) is 17.6 Å². The number of carbonyl (C=O) groups excluding carboxylic acids is 2. The SMILES string of the molecule is O=C(c1cccc(F)c1)N1CCN(C(=O)c2cc3c(F)cccc3[nH]2)CC1. The number of nitrogens with one attached hydrogen (secondary N) is 1. The highest BCUT2D eigenvalue weighted by Crippen LogP contribution is 2.20. The van der Waals surface area contributed by atoms with Crippen molar-refractivity contribution < 1.29 is 18.4 Å². The predicted octanol–water partition coefficient (Wildman–Crippen LogP) is 3.04. The van der Waals surface area contributed by atoms with Gasteiger partial charge in [0.15, 0.2) is 0 Å². The molecule has 4 rings (SSSR count). The second kappa shape index (κ2) is 6.83. The molecule has 2 heterocycles. The van der Waals surface area contributed by atoms with Gasteiger partial charge in [-0.2, -0.15) is 0 Å². The Hall–Kier alpha value is -3.22. The molecule has 5 nitrogen and oxygen atoms in total. The molecule has 138 valence electrons. The summed E-state index contributed by atoms with van der Waals surface area (Å²) in [5, 5.41) is 0.376. The summed E-state index contributed by atoms with van der Waals surface area (Å²) >= 11 is 0. The number of fused-ring (bicyclic) bond motifs is 1. The summed E-state index contributed by atoms with van der Waals surface area (Å²) in [5.74, 6) is -1.33. The Labute approximate surface area is 154 Å². The Balaban J connectivity index is 1.44. The molecule has 0 radical (unpaired) electrons. The minimum absolute atomic E-state index is 0.233. The van der Waals surface area contributed by atoms with E-state index in [1.807, 2.05) is 0 Å². The van der Waals surface area contributed by atoms with Crippen LogP contribution in [0.2, 0.25) is 0 Å². The van der Waals surface area contributed by atoms with E-state index in [2.05, 4.69) is 4.98 Å².